The fourth-order valence-corrected chi connectivity index (χ4v) is 0.752. The highest BCUT2D eigenvalue weighted by Gasteiger charge is 2.07. The molecule has 1 amide bonds. The molecule has 1 N–H and O–H groups in total. The molecule has 0 radical (unpaired) electrons. The molecule has 0 saturated carbocycles. The predicted molar refractivity (Wildman–Crippen MR) is 52.7 cm³/mol. The second-order valence-corrected chi connectivity index (χ2v) is 3.18. The van der Waals surface area contributed by atoms with Crippen molar-refractivity contribution < 1.29 is 14.4 Å². The Morgan fingerprint density at radius 2 is 1.71 bits per heavy atom. The van der Waals surface area contributed by atoms with Crippen LogP contribution in [0.4, 0.5) is 0 Å². The number of carbonyl (C=O) groups excluding carboxylic acids is 3. The minimum Gasteiger partial charge on any atom is -0.349 e. The summed E-state index contributed by atoms with van der Waals surface area (Å²) < 4.78 is 0. The highest BCUT2D eigenvalue weighted by Crippen LogP contribution is 1.98. The first-order chi connectivity index (χ1) is 6.43. The van der Waals surface area contributed by atoms with E-state index in [4.69, 9.17) is 0 Å². The molecular weight excluding hydrogens is 182 g/mol. The van der Waals surface area contributed by atoms with Gasteiger partial charge in [0.15, 0.2) is 5.78 Å². The molecule has 0 fully saturated rings. The van der Waals surface area contributed by atoms with Crippen LogP contribution in [0.5, 0.6) is 0 Å². The smallest absolute Gasteiger partial charge is 0.220 e. The van der Waals surface area contributed by atoms with Crippen molar-refractivity contribution >= 4 is 17.5 Å². The van der Waals surface area contributed by atoms with Crippen LogP contribution in [0, 0.1) is 0 Å². The van der Waals surface area contributed by atoms with Crippen molar-refractivity contribution in [3.05, 3.63) is 12.2 Å². The molecule has 0 aliphatic rings. The van der Waals surface area contributed by atoms with Crippen LogP contribution in [0.1, 0.15) is 26.7 Å². The van der Waals surface area contributed by atoms with Crippen molar-refractivity contribution in [1.29, 1.82) is 0 Å². The number of hydrogen-bond donors (Lipinski definition) is 1. The van der Waals surface area contributed by atoms with Gasteiger partial charge in [-0.1, -0.05) is 6.58 Å². The highest BCUT2D eigenvalue weighted by molar-refractivity contribution is 5.96. The predicted octanol–water partition coefficient (Wildman–Crippen LogP) is 0.617. The zero-order valence-corrected chi connectivity index (χ0v) is 8.55. The zero-order valence-electron chi connectivity index (χ0n) is 8.55. The Kier molecular flexibility index (Phi) is 5.44. The molecule has 78 valence electrons. The van der Waals surface area contributed by atoms with Crippen LogP contribution in [0.25, 0.3) is 0 Å². The van der Waals surface area contributed by atoms with Gasteiger partial charge in [0.05, 0.1) is 6.54 Å². The molecule has 0 atom stereocenters. The summed E-state index contributed by atoms with van der Waals surface area (Å²) in [7, 11) is 0. The van der Waals surface area contributed by atoms with E-state index in [-0.39, 0.29) is 36.9 Å². The van der Waals surface area contributed by atoms with Crippen molar-refractivity contribution in [3.8, 4) is 0 Å². The number of amides is 1. The first-order valence-corrected chi connectivity index (χ1v) is 4.38. The van der Waals surface area contributed by atoms with Gasteiger partial charge in [-0.2, -0.15) is 0 Å². The number of Topliss-reactive ketones (excluding diaryl/α,β-unsaturated/α-hetero) is 2. The normalized spacial score (nSPS) is 9.29. The average molecular weight is 197 g/mol. The summed E-state index contributed by atoms with van der Waals surface area (Å²) in [6.07, 6.45) is 0.262. The molecule has 0 aliphatic heterocycles. The lowest BCUT2D eigenvalue weighted by Crippen LogP contribution is -2.28. The second kappa shape index (κ2) is 6.07. The van der Waals surface area contributed by atoms with E-state index in [1.165, 1.54) is 6.92 Å². The van der Waals surface area contributed by atoms with Gasteiger partial charge < -0.3 is 5.32 Å². The highest BCUT2D eigenvalue weighted by atomic mass is 16.2. The van der Waals surface area contributed by atoms with E-state index >= 15 is 0 Å². The third-order valence-electron chi connectivity index (χ3n) is 1.59. The Labute approximate surface area is 83.4 Å². The van der Waals surface area contributed by atoms with Crippen molar-refractivity contribution in [2.24, 2.45) is 0 Å². The van der Waals surface area contributed by atoms with Crippen molar-refractivity contribution in [1.82, 2.24) is 5.32 Å². The number of allylic oxidation sites excluding steroid dienone is 1. The molecule has 0 saturated heterocycles. The minimum absolute atomic E-state index is 0.0279. The van der Waals surface area contributed by atoms with Crippen LogP contribution in [0.15, 0.2) is 12.2 Å². The number of rotatable bonds is 6. The Balaban J connectivity index is 3.69. The maximum absolute atomic E-state index is 11.0. The summed E-state index contributed by atoms with van der Waals surface area (Å²) in [6, 6.07) is 0. The molecule has 0 aliphatic carbocycles. The van der Waals surface area contributed by atoms with E-state index in [0.717, 1.165) is 0 Å². The third kappa shape index (κ3) is 6.11. The Bertz CT molecular complexity index is 269. The molecule has 0 aromatic carbocycles. The summed E-state index contributed by atoms with van der Waals surface area (Å²) >= 11 is 0. The van der Waals surface area contributed by atoms with Gasteiger partial charge in [0, 0.05) is 12.8 Å². The van der Waals surface area contributed by atoms with Crippen LogP contribution in [-0.4, -0.2) is 24.0 Å². The van der Waals surface area contributed by atoms with E-state index in [1.54, 1.807) is 6.92 Å². The van der Waals surface area contributed by atoms with Crippen molar-refractivity contribution in [2.45, 2.75) is 26.7 Å². The standard InChI is InChI=1S/C10H15NO3/c1-7(2)9(13)4-5-10(14)11-6-8(3)12/h1,4-6H2,2-3H3,(H,11,14). The van der Waals surface area contributed by atoms with Gasteiger partial charge in [-0.15, -0.1) is 0 Å². The molecule has 4 nitrogen and oxygen atoms in total. The van der Waals surface area contributed by atoms with Gasteiger partial charge in [-0.05, 0) is 19.4 Å². The van der Waals surface area contributed by atoms with E-state index in [0.29, 0.717) is 5.57 Å². The molecule has 0 unspecified atom stereocenters. The summed E-state index contributed by atoms with van der Waals surface area (Å²) in [5, 5.41) is 2.41. The fourth-order valence-electron chi connectivity index (χ4n) is 0.752. The lowest BCUT2D eigenvalue weighted by atomic mass is 10.1. The number of carbonyl (C=O) groups is 3. The average Bonchev–Trinajstić information content (AvgIpc) is 2.10. The minimum atomic E-state index is -0.283. The zero-order chi connectivity index (χ0) is 11.1. The van der Waals surface area contributed by atoms with Crippen LogP contribution < -0.4 is 5.32 Å². The van der Waals surface area contributed by atoms with Gasteiger partial charge in [-0.3, -0.25) is 14.4 Å². The topological polar surface area (TPSA) is 63.2 Å². The maximum Gasteiger partial charge on any atom is 0.220 e. The molecule has 14 heavy (non-hydrogen) atoms. The molecule has 4 heteroatoms. The Hall–Kier alpha value is -1.45. The fraction of sp³-hybridized carbons (Fsp3) is 0.500. The molecule has 0 rings (SSSR count). The maximum atomic E-state index is 11.0. The largest absolute Gasteiger partial charge is 0.349 e. The quantitative estimate of drug-likeness (QED) is 0.635. The summed E-state index contributed by atoms with van der Waals surface area (Å²) in [5.41, 5.74) is 0.448. The molecule has 0 spiro atoms. The number of hydrogen-bond acceptors (Lipinski definition) is 3. The van der Waals surface area contributed by atoms with Crippen LogP contribution in [-0.2, 0) is 14.4 Å². The molecule has 0 heterocycles. The Morgan fingerprint density at radius 3 is 2.14 bits per heavy atom. The van der Waals surface area contributed by atoms with Gasteiger partial charge >= 0.3 is 0 Å². The van der Waals surface area contributed by atoms with E-state index < -0.39 is 0 Å². The lowest BCUT2D eigenvalue weighted by molar-refractivity contribution is -0.126. The first-order valence-electron chi connectivity index (χ1n) is 4.38. The van der Waals surface area contributed by atoms with Crippen molar-refractivity contribution in [2.75, 3.05) is 6.54 Å². The third-order valence-corrected chi connectivity index (χ3v) is 1.59. The summed E-state index contributed by atoms with van der Waals surface area (Å²) in [5.74, 6) is -0.512. The van der Waals surface area contributed by atoms with Gasteiger partial charge in [-0.25, -0.2) is 0 Å². The summed E-state index contributed by atoms with van der Waals surface area (Å²) in [6.45, 7) is 6.49. The monoisotopic (exact) mass is 197 g/mol. The molecule has 0 aromatic heterocycles. The lowest BCUT2D eigenvalue weighted by Gasteiger charge is -2.01. The van der Waals surface area contributed by atoms with Crippen LogP contribution >= 0.6 is 0 Å². The van der Waals surface area contributed by atoms with E-state index in [9.17, 15) is 14.4 Å². The molecule has 0 aromatic rings. The number of nitrogens with one attached hydrogen (secondary N) is 1. The van der Waals surface area contributed by atoms with Crippen LogP contribution in [0.2, 0.25) is 0 Å². The van der Waals surface area contributed by atoms with Crippen LogP contribution in [0.3, 0.4) is 0 Å². The van der Waals surface area contributed by atoms with Gasteiger partial charge in [0.25, 0.3) is 0 Å². The SMILES string of the molecule is C=C(C)C(=O)CCC(=O)NCC(C)=O. The van der Waals surface area contributed by atoms with Gasteiger partial charge in [0.1, 0.15) is 5.78 Å². The van der Waals surface area contributed by atoms with Crippen molar-refractivity contribution in [3.63, 3.8) is 0 Å². The Morgan fingerprint density at radius 1 is 1.14 bits per heavy atom. The molecule has 0 bridgehead atoms. The van der Waals surface area contributed by atoms with Gasteiger partial charge in [0.2, 0.25) is 5.91 Å². The summed E-state index contributed by atoms with van der Waals surface area (Å²) in [4.78, 5) is 32.6. The first kappa shape index (κ1) is 12.6. The van der Waals surface area contributed by atoms with E-state index in [2.05, 4.69) is 11.9 Å². The number of ketones is 2. The van der Waals surface area contributed by atoms with E-state index in [1.807, 2.05) is 0 Å². The second-order valence-electron chi connectivity index (χ2n) is 3.18. The molecular formula is C10H15NO3.